The zero-order chi connectivity index (χ0) is 9.00. The molecule has 6 N–H and O–H groups in total. The Labute approximate surface area is 61.5 Å². The molecule has 0 bridgehead atoms. The third-order valence-corrected chi connectivity index (χ3v) is 0. The molecular formula is H6As2O8. The average molecular weight is 284 g/mol. The van der Waals surface area contributed by atoms with E-state index in [1.54, 1.807) is 0 Å². The van der Waals surface area contributed by atoms with Gasteiger partial charge in [-0.2, -0.15) is 0 Å². The van der Waals surface area contributed by atoms with Crippen molar-refractivity contribution in [3.05, 3.63) is 0 Å². The molecule has 0 saturated carbocycles. The summed E-state index contributed by atoms with van der Waals surface area (Å²) >= 11 is -10.2. The van der Waals surface area contributed by atoms with Crippen molar-refractivity contribution < 1.29 is 32.1 Å². The van der Waals surface area contributed by atoms with E-state index in [-0.39, 0.29) is 0 Å². The van der Waals surface area contributed by atoms with Crippen LogP contribution in [-0.4, -0.2) is 53.6 Å². The van der Waals surface area contributed by atoms with E-state index in [9.17, 15) is 0 Å². The molecule has 0 aromatic carbocycles. The fraction of sp³-hybridized carbons (Fsp3) is 0. The van der Waals surface area contributed by atoms with Crippen LogP contribution >= 0.6 is 0 Å². The van der Waals surface area contributed by atoms with Crippen molar-refractivity contribution in [2.75, 3.05) is 0 Å². The molecule has 0 radical (unpaired) electrons. The molecule has 0 saturated heterocycles. The molecule has 0 amide bonds. The van der Waals surface area contributed by atoms with E-state index in [0.29, 0.717) is 0 Å². The quantitative estimate of drug-likeness (QED) is 0.244. The van der Waals surface area contributed by atoms with Crippen molar-refractivity contribution in [3.63, 3.8) is 0 Å². The van der Waals surface area contributed by atoms with Crippen molar-refractivity contribution in [3.8, 4) is 0 Å². The summed E-state index contributed by atoms with van der Waals surface area (Å²) in [6, 6.07) is 0. The maximum absolute atomic E-state index is 8.94. The molecule has 0 aliphatic rings. The van der Waals surface area contributed by atoms with Crippen LogP contribution in [0, 0.1) is 0 Å². The molecule has 0 spiro atoms. The van der Waals surface area contributed by atoms with Crippen molar-refractivity contribution >= 4 is 29.0 Å². The topological polar surface area (TPSA) is 156 Å². The van der Waals surface area contributed by atoms with Gasteiger partial charge in [0.15, 0.2) is 0 Å². The van der Waals surface area contributed by atoms with Gasteiger partial charge >= 0.3 is 61.1 Å². The predicted octanol–water partition coefficient (Wildman–Crippen LogP) is -4.34. The predicted molar refractivity (Wildman–Crippen MR) is 26.2 cm³/mol. The van der Waals surface area contributed by atoms with Gasteiger partial charge in [0, 0.05) is 0 Å². The zero-order valence-electron chi connectivity index (χ0n) is 4.39. The van der Waals surface area contributed by atoms with Crippen molar-refractivity contribution in [2.45, 2.75) is 0 Å². The van der Waals surface area contributed by atoms with Gasteiger partial charge in [0.2, 0.25) is 0 Å². The second-order valence-corrected chi connectivity index (χ2v) is 5.33. The van der Waals surface area contributed by atoms with E-state index in [2.05, 4.69) is 0 Å². The van der Waals surface area contributed by atoms with Gasteiger partial charge in [-0.15, -0.1) is 0 Å². The fourth-order valence-electron chi connectivity index (χ4n) is 0. The first-order valence-electron chi connectivity index (χ1n) is 1.57. The van der Waals surface area contributed by atoms with Crippen LogP contribution in [0.2, 0.25) is 0 Å². The van der Waals surface area contributed by atoms with Gasteiger partial charge in [0.25, 0.3) is 0 Å². The molecule has 8 nitrogen and oxygen atoms in total. The van der Waals surface area contributed by atoms with Crippen molar-refractivity contribution in [2.24, 2.45) is 0 Å². The summed E-state index contributed by atoms with van der Waals surface area (Å²) in [6.07, 6.45) is 0. The standard InChI is InChI=1S/2AsH3O4/c2*2-1(3,4)5/h2*(H3,2,3,4,5). The van der Waals surface area contributed by atoms with Gasteiger partial charge in [0.1, 0.15) is 0 Å². The number of hydrogen-bond acceptors (Lipinski definition) is 2. The first kappa shape index (κ1) is 13.1. The summed E-state index contributed by atoms with van der Waals surface area (Å²) < 4.78 is 61.4. The average Bonchev–Trinajstić information content (AvgIpc) is 1.12. The monoisotopic (exact) mass is 284 g/mol. The molecule has 10 heteroatoms. The maximum atomic E-state index is 8.94. The van der Waals surface area contributed by atoms with Crippen LogP contribution in [0.25, 0.3) is 0 Å². The van der Waals surface area contributed by atoms with Crippen LogP contribution in [-0.2, 0) is 7.48 Å². The molecule has 64 valence electrons. The van der Waals surface area contributed by atoms with Gasteiger partial charge in [-0.25, -0.2) is 0 Å². The Balaban J connectivity index is 0. The normalized spacial score (nSPS) is 11.8. The summed E-state index contributed by atoms with van der Waals surface area (Å²) in [5, 5.41) is 0. The molecule has 0 unspecified atom stereocenters. The van der Waals surface area contributed by atoms with E-state index >= 15 is 0 Å². The van der Waals surface area contributed by atoms with E-state index in [1.165, 1.54) is 0 Å². The summed E-state index contributed by atoms with van der Waals surface area (Å²) in [7, 11) is 0. The van der Waals surface area contributed by atoms with Crippen LogP contribution < -0.4 is 0 Å². The Hall–Kier alpha value is 0.477. The molecular weight excluding hydrogens is 278 g/mol. The first-order chi connectivity index (χ1) is 4.00. The summed E-state index contributed by atoms with van der Waals surface area (Å²) in [5.74, 6) is 0. The van der Waals surface area contributed by atoms with Crippen LogP contribution in [0.4, 0.5) is 0 Å². The minimum absolute atomic E-state index is 5.12. The third kappa shape index (κ3) is 2080. The van der Waals surface area contributed by atoms with Crippen LogP contribution in [0.3, 0.4) is 0 Å². The van der Waals surface area contributed by atoms with Gasteiger partial charge in [-0.3, -0.25) is 0 Å². The zero-order valence-corrected chi connectivity index (χ0v) is 8.15. The summed E-state index contributed by atoms with van der Waals surface area (Å²) in [6.45, 7) is 0. The third-order valence-electron chi connectivity index (χ3n) is 0. The Morgan fingerprint density at radius 1 is 0.600 bits per heavy atom. The first-order valence-corrected chi connectivity index (χ1v) is 8.13. The summed E-state index contributed by atoms with van der Waals surface area (Å²) in [5.41, 5.74) is 0. The van der Waals surface area contributed by atoms with Gasteiger partial charge in [0.05, 0.1) is 0 Å². The van der Waals surface area contributed by atoms with Gasteiger partial charge in [-0.05, 0) is 0 Å². The molecule has 10 heavy (non-hydrogen) atoms. The van der Waals surface area contributed by atoms with Gasteiger partial charge < -0.3 is 0 Å². The second-order valence-electron chi connectivity index (χ2n) is 1.03. The molecule has 0 aliphatic heterocycles. The van der Waals surface area contributed by atoms with Crippen molar-refractivity contribution in [1.82, 2.24) is 0 Å². The van der Waals surface area contributed by atoms with Crippen LogP contribution in [0.15, 0.2) is 0 Å². The van der Waals surface area contributed by atoms with E-state index in [4.69, 9.17) is 32.1 Å². The van der Waals surface area contributed by atoms with E-state index < -0.39 is 29.0 Å². The van der Waals surface area contributed by atoms with E-state index in [0.717, 1.165) is 0 Å². The van der Waals surface area contributed by atoms with Crippen molar-refractivity contribution in [1.29, 1.82) is 0 Å². The molecule has 0 aliphatic carbocycles. The minimum atomic E-state index is -5.12. The second kappa shape index (κ2) is 4.37. The molecule has 0 rings (SSSR count). The molecule has 0 aromatic heterocycles. The Morgan fingerprint density at radius 3 is 0.600 bits per heavy atom. The SMILES string of the molecule is O=[As](O)(O)O.O=[As](O)(O)O. The summed E-state index contributed by atoms with van der Waals surface area (Å²) in [4.78, 5) is 0. The fourth-order valence-corrected chi connectivity index (χ4v) is 0. The Kier molecular flexibility index (Phi) is 5.73. The molecule has 0 aromatic rings. The Morgan fingerprint density at radius 2 is 0.600 bits per heavy atom. The van der Waals surface area contributed by atoms with E-state index in [1.807, 2.05) is 0 Å². The van der Waals surface area contributed by atoms with Crippen LogP contribution in [0.1, 0.15) is 0 Å². The molecule has 0 atom stereocenters. The number of hydrogen-bond donors (Lipinski definition) is 6. The van der Waals surface area contributed by atoms with Gasteiger partial charge in [-0.1, -0.05) is 0 Å². The number of rotatable bonds is 0. The molecule has 0 heterocycles. The Bertz CT molecular complexity index is 120. The van der Waals surface area contributed by atoms with Crippen LogP contribution in [0.5, 0.6) is 0 Å². The molecule has 0 fully saturated rings.